The van der Waals surface area contributed by atoms with E-state index >= 15 is 0 Å². The van der Waals surface area contributed by atoms with E-state index in [0.717, 1.165) is 0 Å². The van der Waals surface area contributed by atoms with Gasteiger partial charge in [-0.05, 0) is 36.4 Å². The first-order valence-electron chi connectivity index (χ1n) is 7.62. The minimum Gasteiger partial charge on any atom is -0.457 e. The Labute approximate surface area is 154 Å². The number of benzene rings is 3. The Bertz CT molecular complexity index is 961. The van der Waals surface area contributed by atoms with E-state index in [1.165, 1.54) is 18.2 Å². The molecule has 0 saturated heterocycles. The van der Waals surface area contributed by atoms with Crippen molar-refractivity contribution in [1.82, 2.24) is 0 Å². The van der Waals surface area contributed by atoms with E-state index in [9.17, 15) is 14.9 Å². The monoisotopic (exact) mass is 368 g/mol. The molecule has 1 N–H and O–H groups in total. The predicted octanol–water partition coefficient (Wildman–Crippen LogP) is 5.29. The summed E-state index contributed by atoms with van der Waals surface area (Å²) in [6.45, 7) is 0. The number of anilines is 1. The van der Waals surface area contributed by atoms with Crippen LogP contribution in [0, 0.1) is 10.1 Å². The summed E-state index contributed by atoms with van der Waals surface area (Å²) in [5.74, 6) is 0.516. The van der Waals surface area contributed by atoms with Crippen LogP contribution in [0.4, 0.5) is 11.4 Å². The molecule has 6 nitrogen and oxygen atoms in total. The molecule has 3 rings (SSSR count). The smallest absolute Gasteiger partial charge is 0.289 e. The van der Waals surface area contributed by atoms with Gasteiger partial charge in [-0.15, -0.1) is 0 Å². The Morgan fingerprint density at radius 1 is 1.00 bits per heavy atom. The zero-order valence-corrected chi connectivity index (χ0v) is 14.1. The maximum absolute atomic E-state index is 12.6. The second kappa shape index (κ2) is 7.67. The Balaban J connectivity index is 1.85. The van der Waals surface area contributed by atoms with Crippen LogP contribution in [0.15, 0.2) is 72.8 Å². The highest BCUT2D eigenvalue weighted by Crippen LogP contribution is 2.29. The molecule has 130 valence electrons. The van der Waals surface area contributed by atoms with Crippen LogP contribution in [0.3, 0.4) is 0 Å². The van der Waals surface area contributed by atoms with Gasteiger partial charge in [0.2, 0.25) is 0 Å². The number of nitro groups is 1. The molecule has 0 unspecified atom stereocenters. The summed E-state index contributed by atoms with van der Waals surface area (Å²) >= 11 is 5.79. The van der Waals surface area contributed by atoms with Crippen LogP contribution in [0.5, 0.6) is 11.5 Å². The van der Waals surface area contributed by atoms with Gasteiger partial charge in [0.05, 0.1) is 10.5 Å². The summed E-state index contributed by atoms with van der Waals surface area (Å²) in [6.07, 6.45) is 0. The maximum Gasteiger partial charge on any atom is 0.289 e. The molecule has 7 heteroatoms. The molecule has 0 aromatic heterocycles. The SMILES string of the molecule is O=C(Nc1ccc(Cl)c([N+](=O)[O-])c1)c1ccccc1Oc1ccccc1. The fraction of sp³-hybridized carbons (Fsp3) is 0. The molecule has 0 heterocycles. The first kappa shape index (κ1) is 17.4. The Kier molecular flexibility index (Phi) is 5.15. The van der Waals surface area contributed by atoms with Crippen molar-refractivity contribution < 1.29 is 14.5 Å². The van der Waals surface area contributed by atoms with Gasteiger partial charge >= 0.3 is 0 Å². The van der Waals surface area contributed by atoms with Gasteiger partial charge < -0.3 is 10.1 Å². The van der Waals surface area contributed by atoms with Gasteiger partial charge in [0.25, 0.3) is 11.6 Å². The number of nitro benzene ring substituents is 1. The Morgan fingerprint density at radius 3 is 2.42 bits per heavy atom. The molecule has 3 aromatic rings. The summed E-state index contributed by atoms with van der Waals surface area (Å²) in [7, 11) is 0. The van der Waals surface area contributed by atoms with Crippen molar-refractivity contribution >= 4 is 28.9 Å². The third kappa shape index (κ3) is 3.99. The second-order valence-corrected chi connectivity index (χ2v) is 5.70. The van der Waals surface area contributed by atoms with Crippen molar-refractivity contribution in [2.24, 2.45) is 0 Å². The number of hydrogen-bond acceptors (Lipinski definition) is 4. The molecule has 3 aromatic carbocycles. The van der Waals surface area contributed by atoms with Gasteiger partial charge in [-0.1, -0.05) is 41.9 Å². The van der Waals surface area contributed by atoms with Crippen LogP contribution in [-0.2, 0) is 0 Å². The number of hydrogen-bond donors (Lipinski definition) is 1. The molecule has 0 aliphatic heterocycles. The fourth-order valence-electron chi connectivity index (χ4n) is 2.29. The third-order valence-electron chi connectivity index (χ3n) is 3.50. The molecule has 1 amide bonds. The van der Waals surface area contributed by atoms with Gasteiger partial charge in [0, 0.05) is 11.8 Å². The quantitative estimate of drug-likeness (QED) is 0.489. The highest BCUT2D eigenvalue weighted by atomic mass is 35.5. The summed E-state index contributed by atoms with van der Waals surface area (Å²) in [5.41, 5.74) is 0.285. The number of nitrogens with one attached hydrogen (secondary N) is 1. The summed E-state index contributed by atoms with van der Waals surface area (Å²) in [4.78, 5) is 23.0. The molecular weight excluding hydrogens is 356 g/mol. The van der Waals surface area contributed by atoms with Crippen LogP contribution in [-0.4, -0.2) is 10.8 Å². The second-order valence-electron chi connectivity index (χ2n) is 5.29. The number of rotatable bonds is 5. The zero-order valence-electron chi connectivity index (χ0n) is 13.4. The van der Waals surface area contributed by atoms with E-state index in [1.54, 1.807) is 36.4 Å². The number of nitrogens with zero attached hydrogens (tertiary/aromatic N) is 1. The molecule has 0 bridgehead atoms. The fourth-order valence-corrected chi connectivity index (χ4v) is 2.47. The summed E-state index contributed by atoms with van der Waals surface area (Å²) < 4.78 is 5.76. The van der Waals surface area contributed by atoms with E-state index in [-0.39, 0.29) is 16.4 Å². The lowest BCUT2D eigenvalue weighted by atomic mass is 10.1. The lowest BCUT2D eigenvalue weighted by molar-refractivity contribution is -0.384. The number of carbonyl (C=O) groups is 1. The van der Waals surface area contributed by atoms with Crippen molar-refractivity contribution in [3.05, 3.63) is 93.5 Å². The standard InChI is InChI=1S/C19H13ClN2O4/c20-16-11-10-13(12-17(16)22(24)25)21-19(23)15-8-4-5-9-18(15)26-14-6-2-1-3-7-14/h1-12H,(H,21,23). The van der Waals surface area contributed by atoms with Crippen LogP contribution in [0.25, 0.3) is 0 Å². The van der Waals surface area contributed by atoms with Crippen molar-refractivity contribution in [3.8, 4) is 11.5 Å². The lowest BCUT2D eigenvalue weighted by Gasteiger charge is -2.11. The molecule has 26 heavy (non-hydrogen) atoms. The molecule has 0 fully saturated rings. The van der Waals surface area contributed by atoms with Crippen LogP contribution >= 0.6 is 11.6 Å². The first-order valence-corrected chi connectivity index (χ1v) is 7.99. The number of para-hydroxylation sites is 2. The van der Waals surface area contributed by atoms with Gasteiger partial charge in [0.1, 0.15) is 16.5 Å². The maximum atomic E-state index is 12.6. The molecule has 0 radical (unpaired) electrons. The zero-order chi connectivity index (χ0) is 18.5. The number of amides is 1. The molecular formula is C19H13ClN2O4. The first-order chi connectivity index (χ1) is 12.5. The number of ether oxygens (including phenoxy) is 1. The van der Waals surface area contributed by atoms with Gasteiger partial charge in [-0.3, -0.25) is 14.9 Å². The average Bonchev–Trinajstić information content (AvgIpc) is 2.64. The minimum atomic E-state index is -0.607. The van der Waals surface area contributed by atoms with Crippen LogP contribution in [0.1, 0.15) is 10.4 Å². The number of halogens is 1. The van der Waals surface area contributed by atoms with E-state index < -0.39 is 10.8 Å². The minimum absolute atomic E-state index is 0.000750. The van der Waals surface area contributed by atoms with Crippen molar-refractivity contribution in [1.29, 1.82) is 0 Å². The molecule has 0 aliphatic carbocycles. The molecule has 0 atom stereocenters. The lowest BCUT2D eigenvalue weighted by Crippen LogP contribution is -2.13. The van der Waals surface area contributed by atoms with Gasteiger partial charge in [-0.25, -0.2) is 0 Å². The summed E-state index contributed by atoms with van der Waals surface area (Å²) in [6, 6.07) is 19.9. The topological polar surface area (TPSA) is 81.5 Å². The number of carbonyl (C=O) groups excluding carboxylic acids is 1. The molecule has 0 saturated carbocycles. The van der Waals surface area contributed by atoms with Crippen molar-refractivity contribution in [2.75, 3.05) is 5.32 Å². The van der Waals surface area contributed by atoms with Gasteiger partial charge in [-0.2, -0.15) is 0 Å². The average molecular weight is 369 g/mol. The van der Waals surface area contributed by atoms with Gasteiger partial charge in [0.15, 0.2) is 0 Å². The highest BCUT2D eigenvalue weighted by Gasteiger charge is 2.16. The molecule has 0 aliphatic rings. The third-order valence-corrected chi connectivity index (χ3v) is 3.82. The van der Waals surface area contributed by atoms with Crippen LogP contribution < -0.4 is 10.1 Å². The van der Waals surface area contributed by atoms with Crippen molar-refractivity contribution in [3.63, 3.8) is 0 Å². The normalized spacial score (nSPS) is 10.2. The summed E-state index contributed by atoms with van der Waals surface area (Å²) in [5, 5.41) is 13.6. The highest BCUT2D eigenvalue weighted by molar-refractivity contribution is 6.32. The van der Waals surface area contributed by atoms with E-state index in [1.807, 2.05) is 18.2 Å². The van der Waals surface area contributed by atoms with E-state index in [4.69, 9.17) is 16.3 Å². The Morgan fingerprint density at radius 2 is 1.69 bits per heavy atom. The molecule has 0 spiro atoms. The predicted molar refractivity (Wildman–Crippen MR) is 99.0 cm³/mol. The van der Waals surface area contributed by atoms with E-state index in [2.05, 4.69) is 5.32 Å². The van der Waals surface area contributed by atoms with E-state index in [0.29, 0.717) is 17.1 Å². The largest absolute Gasteiger partial charge is 0.457 e. The Hall–Kier alpha value is -3.38. The van der Waals surface area contributed by atoms with Crippen molar-refractivity contribution in [2.45, 2.75) is 0 Å². The van der Waals surface area contributed by atoms with Crippen LogP contribution in [0.2, 0.25) is 5.02 Å².